The molecule has 0 atom stereocenters. The molecular weight excluding hydrogens is 196 g/mol. The lowest BCUT2D eigenvalue weighted by Gasteiger charge is -2.43. The van der Waals surface area contributed by atoms with Crippen molar-refractivity contribution in [2.45, 2.75) is 40.5 Å². The van der Waals surface area contributed by atoms with Crippen LogP contribution in [-0.2, 0) is 9.84 Å². The zero-order valence-corrected chi connectivity index (χ0v) is 10.5. The lowest BCUT2D eigenvalue weighted by atomic mass is 9.64. The molecule has 1 aliphatic carbocycles. The van der Waals surface area contributed by atoms with Crippen LogP contribution in [-0.4, -0.2) is 19.9 Å². The first-order valence-corrected chi connectivity index (χ1v) is 7.27. The Morgan fingerprint density at radius 2 is 1.71 bits per heavy atom. The topological polar surface area (TPSA) is 34.1 Å². The van der Waals surface area contributed by atoms with Crippen molar-refractivity contribution in [2.75, 3.05) is 11.5 Å². The van der Waals surface area contributed by atoms with Crippen LogP contribution in [0.15, 0.2) is 0 Å². The van der Waals surface area contributed by atoms with Crippen molar-refractivity contribution in [1.82, 2.24) is 0 Å². The van der Waals surface area contributed by atoms with Gasteiger partial charge in [-0.05, 0) is 30.1 Å². The summed E-state index contributed by atoms with van der Waals surface area (Å²) in [5, 5.41) is 0. The molecule has 14 heavy (non-hydrogen) atoms. The molecule has 0 heterocycles. The van der Waals surface area contributed by atoms with Crippen LogP contribution in [0.3, 0.4) is 0 Å². The summed E-state index contributed by atoms with van der Waals surface area (Å²) in [4.78, 5) is 0. The Morgan fingerprint density at radius 1 is 1.21 bits per heavy atom. The molecule has 2 nitrogen and oxygen atoms in total. The van der Waals surface area contributed by atoms with E-state index in [0.717, 1.165) is 18.8 Å². The maximum atomic E-state index is 11.4. The highest BCUT2D eigenvalue weighted by atomic mass is 32.2. The zero-order chi connectivity index (χ0) is 11.0. The Labute approximate surface area is 88.0 Å². The number of rotatable bonds is 3. The van der Waals surface area contributed by atoms with Gasteiger partial charge in [-0.1, -0.05) is 27.7 Å². The Bertz CT molecular complexity index is 279. The van der Waals surface area contributed by atoms with Gasteiger partial charge in [-0.2, -0.15) is 0 Å². The molecule has 1 saturated carbocycles. The molecule has 0 aliphatic heterocycles. The monoisotopic (exact) mass is 218 g/mol. The smallest absolute Gasteiger partial charge is 0.150 e. The van der Waals surface area contributed by atoms with E-state index in [0.29, 0.717) is 22.8 Å². The molecule has 0 amide bonds. The van der Waals surface area contributed by atoms with Crippen LogP contribution in [0.2, 0.25) is 0 Å². The number of hydrogen-bond acceptors (Lipinski definition) is 2. The largest absolute Gasteiger partial charge is 0.229 e. The van der Waals surface area contributed by atoms with Crippen LogP contribution in [0.5, 0.6) is 0 Å². The average molecular weight is 218 g/mol. The standard InChI is InChI=1S/C11H22O2S/c1-5-14(12,13)8-9-6-10(7-9)11(2,3)4/h9-10H,5-8H2,1-4H3. The van der Waals surface area contributed by atoms with Gasteiger partial charge in [-0.25, -0.2) is 8.42 Å². The van der Waals surface area contributed by atoms with E-state index in [1.807, 2.05) is 0 Å². The fourth-order valence-electron chi connectivity index (χ4n) is 2.06. The number of hydrogen-bond donors (Lipinski definition) is 0. The quantitative estimate of drug-likeness (QED) is 0.729. The second-order valence-corrected chi connectivity index (χ2v) is 8.00. The first-order valence-electron chi connectivity index (χ1n) is 5.45. The fourth-order valence-corrected chi connectivity index (χ4v) is 3.28. The third-order valence-corrected chi connectivity index (χ3v) is 5.25. The van der Waals surface area contributed by atoms with E-state index >= 15 is 0 Å². The van der Waals surface area contributed by atoms with Gasteiger partial charge in [0.2, 0.25) is 0 Å². The molecule has 0 aromatic carbocycles. The molecule has 0 unspecified atom stereocenters. The van der Waals surface area contributed by atoms with Gasteiger partial charge in [0, 0.05) is 5.75 Å². The minimum absolute atomic E-state index is 0.295. The highest BCUT2D eigenvalue weighted by Gasteiger charge is 2.38. The molecule has 0 aromatic heterocycles. The summed E-state index contributed by atoms with van der Waals surface area (Å²) in [5.41, 5.74) is 0.354. The zero-order valence-electron chi connectivity index (χ0n) is 9.71. The average Bonchev–Trinajstić information content (AvgIpc) is 1.94. The summed E-state index contributed by atoms with van der Waals surface area (Å²) < 4.78 is 22.7. The van der Waals surface area contributed by atoms with Crippen LogP contribution in [0, 0.1) is 17.3 Å². The molecule has 3 heteroatoms. The summed E-state index contributed by atoms with van der Waals surface area (Å²) in [5.74, 6) is 1.86. The van der Waals surface area contributed by atoms with Gasteiger partial charge < -0.3 is 0 Å². The van der Waals surface area contributed by atoms with Crippen molar-refractivity contribution in [1.29, 1.82) is 0 Å². The van der Waals surface area contributed by atoms with E-state index in [4.69, 9.17) is 0 Å². The molecular formula is C11H22O2S. The normalized spacial score (nSPS) is 28.6. The van der Waals surface area contributed by atoms with Gasteiger partial charge >= 0.3 is 0 Å². The summed E-state index contributed by atoms with van der Waals surface area (Å²) in [6, 6.07) is 0. The Morgan fingerprint density at radius 3 is 2.07 bits per heavy atom. The van der Waals surface area contributed by atoms with Gasteiger partial charge in [0.15, 0.2) is 0 Å². The van der Waals surface area contributed by atoms with E-state index in [1.165, 1.54) is 0 Å². The highest BCUT2D eigenvalue weighted by Crippen LogP contribution is 2.45. The van der Waals surface area contributed by atoms with E-state index in [2.05, 4.69) is 20.8 Å². The van der Waals surface area contributed by atoms with E-state index in [9.17, 15) is 8.42 Å². The van der Waals surface area contributed by atoms with E-state index < -0.39 is 9.84 Å². The molecule has 0 spiro atoms. The third kappa shape index (κ3) is 2.97. The molecule has 1 rings (SSSR count). The third-order valence-electron chi connectivity index (χ3n) is 3.39. The predicted molar refractivity (Wildman–Crippen MR) is 60.0 cm³/mol. The van der Waals surface area contributed by atoms with Gasteiger partial charge in [-0.3, -0.25) is 0 Å². The van der Waals surface area contributed by atoms with Crippen LogP contribution < -0.4 is 0 Å². The van der Waals surface area contributed by atoms with E-state index in [-0.39, 0.29) is 0 Å². The van der Waals surface area contributed by atoms with Crippen LogP contribution in [0.25, 0.3) is 0 Å². The molecule has 0 N–H and O–H groups in total. The summed E-state index contributed by atoms with van der Waals surface area (Å²) in [7, 11) is -2.75. The second-order valence-electron chi connectivity index (χ2n) is 5.60. The first kappa shape index (κ1) is 12.0. The van der Waals surface area contributed by atoms with Crippen molar-refractivity contribution in [2.24, 2.45) is 17.3 Å². The van der Waals surface area contributed by atoms with Crippen LogP contribution in [0.4, 0.5) is 0 Å². The van der Waals surface area contributed by atoms with Crippen molar-refractivity contribution in [3.63, 3.8) is 0 Å². The predicted octanol–water partition coefficient (Wildman–Crippen LogP) is 2.49. The number of sulfone groups is 1. The summed E-state index contributed by atoms with van der Waals surface area (Å²) in [6.45, 7) is 8.45. The Balaban J connectivity index is 2.37. The molecule has 1 aliphatic rings. The molecule has 1 fully saturated rings. The van der Waals surface area contributed by atoms with E-state index in [1.54, 1.807) is 6.92 Å². The van der Waals surface area contributed by atoms with Crippen molar-refractivity contribution < 1.29 is 8.42 Å². The lowest BCUT2D eigenvalue weighted by molar-refractivity contribution is 0.0879. The van der Waals surface area contributed by atoms with Gasteiger partial charge in [-0.15, -0.1) is 0 Å². The maximum Gasteiger partial charge on any atom is 0.150 e. The summed E-state index contributed by atoms with van der Waals surface area (Å²) in [6.07, 6.45) is 2.20. The molecule has 84 valence electrons. The maximum absolute atomic E-state index is 11.4. The summed E-state index contributed by atoms with van der Waals surface area (Å²) >= 11 is 0. The van der Waals surface area contributed by atoms with Gasteiger partial charge in [0.1, 0.15) is 9.84 Å². The molecule has 0 saturated heterocycles. The van der Waals surface area contributed by atoms with Crippen molar-refractivity contribution >= 4 is 9.84 Å². The molecule has 0 bridgehead atoms. The van der Waals surface area contributed by atoms with Gasteiger partial charge in [0.05, 0.1) is 5.75 Å². The Hall–Kier alpha value is -0.0500. The fraction of sp³-hybridized carbons (Fsp3) is 1.00. The molecule has 0 aromatic rings. The second kappa shape index (κ2) is 3.84. The van der Waals surface area contributed by atoms with Crippen LogP contribution >= 0.6 is 0 Å². The minimum atomic E-state index is -2.75. The lowest BCUT2D eigenvalue weighted by Crippen LogP contribution is -2.37. The van der Waals surface area contributed by atoms with Crippen molar-refractivity contribution in [3.8, 4) is 0 Å². The van der Waals surface area contributed by atoms with Crippen molar-refractivity contribution in [3.05, 3.63) is 0 Å². The minimum Gasteiger partial charge on any atom is -0.229 e. The Kier molecular flexibility index (Phi) is 3.30. The highest BCUT2D eigenvalue weighted by molar-refractivity contribution is 7.91. The van der Waals surface area contributed by atoms with Crippen LogP contribution in [0.1, 0.15) is 40.5 Å². The SMILES string of the molecule is CCS(=O)(=O)CC1CC(C(C)(C)C)C1. The first-order chi connectivity index (χ1) is 6.24. The molecule has 0 radical (unpaired) electrons. The van der Waals surface area contributed by atoms with Gasteiger partial charge in [0.25, 0.3) is 0 Å².